The van der Waals surface area contributed by atoms with E-state index in [9.17, 15) is 19.2 Å². The van der Waals surface area contributed by atoms with E-state index in [-0.39, 0.29) is 35.9 Å². The summed E-state index contributed by atoms with van der Waals surface area (Å²) in [6.07, 6.45) is 5.41. The van der Waals surface area contributed by atoms with Crippen LogP contribution in [0.1, 0.15) is 27.9 Å². The van der Waals surface area contributed by atoms with Gasteiger partial charge in [0.15, 0.2) is 12.4 Å². The molecule has 1 heterocycles. The van der Waals surface area contributed by atoms with Crippen molar-refractivity contribution in [2.75, 3.05) is 6.61 Å². The van der Waals surface area contributed by atoms with Crippen LogP contribution >= 0.6 is 0 Å². The molecule has 5 aliphatic rings. The number of carbonyl (C=O) groups is 4. The standard InChI is InChI=1S/C35H31NO6/c37-30(23-11-13-24(14-12-23)41-19-22-9-5-2-6-10-22)20-42-35(40)29(17-21-7-3-1-4-8-21)36-33(38)31-25-15-16-26(28-18-27(25)28)32(31)34(36)39/h1-16,25-29,31-32H,17-20H2/t25-,26-,27-,28+,29-,31-,32+/m0/s1. The molecule has 0 radical (unpaired) electrons. The zero-order valence-electron chi connectivity index (χ0n) is 23.0. The highest BCUT2D eigenvalue weighted by molar-refractivity contribution is 6.09. The minimum atomic E-state index is -1.13. The quantitative estimate of drug-likeness (QED) is 0.155. The summed E-state index contributed by atoms with van der Waals surface area (Å²) in [4.78, 5) is 55.2. The Kier molecular flexibility index (Phi) is 6.73. The van der Waals surface area contributed by atoms with E-state index in [1.807, 2.05) is 60.7 Å². The molecule has 4 aliphatic carbocycles. The molecule has 0 unspecified atom stereocenters. The van der Waals surface area contributed by atoms with E-state index in [1.165, 1.54) is 0 Å². The molecule has 7 heteroatoms. The first-order valence-electron chi connectivity index (χ1n) is 14.6. The van der Waals surface area contributed by atoms with Crippen molar-refractivity contribution in [2.45, 2.75) is 25.5 Å². The van der Waals surface area contributed by atoms with Crippen LogP contribution in [0.25, 0.3) is 0 Å². The maximum atomic E-state index is 13.8. The summed E-state index contributed by atoms with van der Waals surface area (Å²) in [6.45, 7) is -0.0859. The molecule has 1 saturated heterocycles. The molecule has 0 N–H and O–H groups in total. The molecule has 2 bridgehead atoms. The fourth-order valence-corrected chi connectivity index (χ4v) is 7.20. The van der Waals surface area contributed by atoms with Crippen LogP contribution in [0.4, 0.5) is 0 Å². The molecule has 3 aromatic rings. The Morgan fingerprint density at radius 3 is 1.93 bits per heavy atom. The lowest BCUT2D eigenvalue weighted by atomic mass is 9.63. The van der Waals surface area contributed by atoms with Gasteiger partial charge in [-0.15, -0.1) is 0 Å². The highest BCUT2D eigenvalue weighted by atomic mass is 16.5. The Bertz CT molecular complexity index is 1510. The zero-order chi connectivity index (χ0) is 28.8. The molecule has 8 rings (SSSR count). The molecule has 2 saturated carbocycles. The molecule has 0 aromatic heterocycles. The number of hydrogen-bond acceptors (Lipinski definition) is 6. The number of hydrogen-bond donors (Lipinski definition) is 0. The molecule has 3 aromatic carbocycles. The van der Waals surface area contributed by atoms with Gasteiger partial charge in [-0.1, -0.05) is 72.8 Å². The van der Waals surface area contributed by atoms with Crippen molar-refractivity contribution in [3.8, 4) is 5.75 Å². The highest BCUT2D eigenvalue weighted by Crippen LogP contribution is 2.65. The van der Waals surface area contributed by atoms with Crippen LogP contribution in [0.5, 0.6) is 5.75 Å². The van der Waals surface area contributed by atoms with Gasteiger partial charge in [-0.3, -0.25) is 19.3 Å². The van der Waals surface area contributed by atoms with Crippen LogP contribution in [0, 0.1) is 35.5 Å². The minimum Gasteiger partial charge on any atom is -0.489 e. The number of amides is 2. The van der Waals surface area contributed by atoms with Crippen LogP contribution in [-0.2, 0) is 32.1 Å². The van der Waals surface area contributed by atoms with Gasteiger partial charge in [0.2, 0.25) is 11.8 Å². The van der Waals surface area contributed by atoms with Crippen molar-refractivity contribution >= 4 is 23.6 Å². The van der Waals surface area contributed by atoms with Crippen LogP contribution in [-0.4, -0.2) is 41.1 Å². The number of rotatable bonds is 10. The lowest BCUT2D eigenvalue weighted by molar-refractivity contribution is -0.158. The molecule has 7 nitrogen and oxygen atoms in total. The summed E-state index contributed by atoms with van der Waals surface area (Å²) in [5, 5.41) is 0. The third-order valence-corrected chi connectivity index (χ3v) is 9.32. The van der Waals surface area contributed by atoms with Crippen molar-refractivity contribution in [2.24, 2.45) is 35.5 Å². The predicted octanol–water partition coefficient (Wildman–Crippen LogP) is 4.66. The molecular weight excluding hydrogens is 530 g/mol. The second-order valence-electron chi connectivity index (χ2n) is 11.7. The van der Waals surface area contributed by atoms with Gasteiger partial charge < -0.3 is 9.47 Å². The van der Waals surface area contributed by atoms with Gasteiger partial charge in [-0.2, -0.15) is 0 Å². The number of allylic oxidation sites excluding steroid dienone is 2. The Hall–Kier alpha value is -4.52. The first-order valence-corrected chi connectivity index (χ1v) is 14.6. The largest absolute Gasteiger partial charge is 0.489 e. The summed E-state index contributed by atoms with van der Waals surface area (Å²) < 4.78 is 11.3. The van der Waals surface area contributed by atoms with Crippen molar-refractivity contribution in [3.63, 3.8) is 0 Å². The zero-order valence-corrected chi connectivity index (χ0v) is 23.0. The minimum absolute atomic E-state index is 0.0565. The third kappa shape index (κ3) is 4.73. The Labute approximate surface area is 244 Å². The first kappa shape index (κ1) is 26.4. The van der Waals surface area contributed by atoms with Crippen LogP contribution in [0.3, 0.4) is 0 Å². The maximum Gasteiger partial charge on any atom is 0.330 e. The van der Waals surface area contributed by atoms with Gasteiger partial charge in [0.1, 0.15) is 18.4 Å². The molecule has 2 amide bonds. The number of esters is 1. The Morgan fingerprint density at radius 1 is 0.762 bits per heavy atom. The monoisotopic (exact) mass is 561 g/mol. The van der Waals surface area contributed by atoms with Gasteiger partial charge in [0.25, 0.3) is 0 Å². The molecule has 1 aliphatic heterocycles. The van der Waals surface area contributed by atoms with E-state index in [1.54, 1.807) is 24.3 Å². The SMILES string of the molecule is O=C(COC(=O)[C@H](Cc1ccccc1)N1C(=O)[C@@H]2[C@H]3C=C[C@@H]([C@@H]4C[C@H]34)[C@@H]2C1=O)c1ccc(OCc2ccccc2)cc1. The van der Waals surface area contributed by atoms with Crippen molar-refractivity contribution < 1.29 is 28.7 Å². The van der Waals surface area contributed by atoms with Gasteiger partial charge >= 0.3 is 5.97 Å². The Balaban J connectivity index is 1.04. The van der Waals surface area contributed by atoms with Crippen LogP contribution in [0.2, 0.25) is 0 Å². The lowest BCUT2D eigenvalue weighted by Crippen LogP contribution is -2.48. The molecule has 0 spiro atoms. The number of ether oxygens (including phenoxy) is 2. The van der Waals surface area contributed by atoms with Gasteiger partial charge in [-0.05, 0) is 65.5 Å². The average Bonchev–Trinajstić information content (AvgIpc) is 3.81. The van der Waals surface area contributed by atoms with Crippen molar-refractivity contribution in [3.05, 3.63) is 114 Å². The normalized spacial score (nSPS) is 27.3. The summed E-state index contributed by atoms with van der Waals surface area (Å²) in [6, 6.07) is 24.6. The van der Waals surface area contributed by atoms with E-state index in [2.05, 4.69) is 12.2 Å². The first-order chi connectivity index (χ1) is 20.5. The number of nitrogens with zero attached hydrogens (tertiary/aromatic N) is 1. The van der Waals surface area contributed by atoms with E-state index >= 15 is 0 Å². The third-order valence-electron chi connectivity index (χ3n) is 9.32. The number of carbonyl (C=O) groups excluding carboxylic acids is 4. The van der Waals surface area contributed by atoms with E-state index in [4.69, 9.17) is 9.47 Å². The van der Waals surface area contributed by atoms with Crippen molar-refractivity contribution in [1.29, 1.82) is 0 Å². The van der Waals surface area contributed by atoms with Crippen LogP contribution < -0.4 is 4.74 Å². The molecule has 3 fully saturated rings. The fourth-order valence-electron chi connectivity index (χ4n) is 7.20. The van der Waals surface area contributed by atoms with E-state index < -0.39 is 30.5 Å². The number of imide groups is 1. The summed E-state index contributed by atoms with van der Waals surface area (Å²) in [5.41, 5.74) is 2.21. The number of likely N-dealkylation sites (tertiary alicyclic amines) is 1. The van der Waals surface area contributed by atoms with Gasteiger partial charge in [-0.25, -0.2) is 4.79 Å². The predicted molar refractivity (Wildman–Crippen MR) is 153 cm³/mol. The number of benzene rings is 3. The second kappa shape index (κ2) is 10.7. The fraction of sp³-hybridized carbons (Fsp3) is 0.314. The average molecular weight is 562 g/mol. The van der Waals surface area contributed by atoms with Crippen molar-refractivity contribution in [1.82, 2.24) is 4.90 Å². The number of ketones is 1. The second-order valence-corrected chi connectivity index (χ2v) is 11.7. The summed E-state index contributed by atoms with van der Waals surface area (Å²) >= 11 is 0. The summed E-state index contributed by atoms with van der Waals surface area (Å²) in [7, 11) is 0. The van der Waals surface area contributed by atoms with E-state index in [0.29, 0.717) is 29.8 Å². The molecule has 212 valence electrons. The highest BCUT2D eigenvalue weighted by Gasteiger charge is 2.68. The van der Waals surface area contributed by atoms with E-state index in [0.717, 1.165) is 22.4 Å². The smallest absolute Gasteiger partial charge is 0.330 e. The topological polar surface area (TPSA) is 90.0 Å². The molecule has 42 heavy (non-hydrogen) atoms. The lowest BCUT2D eigenvalue weighted by Gasteiger charge is -2.37. The van der Waals surface area contributed by atoms with Crippen LogP contribution in [0.15, 0.2) is 97.1 Å². The summed E-state index contributed by atoms with van der Waals surface area (Å²) in [5.74, 6) is -0.873. The Morgan fingerprint density at radius 2 is 1.33 bits per heavy atom. The molecule has 7 atom stereocenters. The van der Waals surface area contributed by atoms with Gasteiger partial charge in [0, 0.05) is 12.0 Å². The molecular formula is C35H31NO6. The maximum absolute atomic E-state index is 13.8. The van der Waals surface area contributed by atoms with Gasteiger partial charge in [0.05, 0.1) is 11.8 Å². The number of Topliss-reactive ketones (excluding diaryl/α,β-unsaturated/α-hetero) is 1.